The molecule has 0 bridgehead atoms. The lowest BCUT2D eigenvalue weighted by Gasteiger charge is -2.34. The zero-order valence-electron chi connectivity index (χ0n) is 15.9. The van der Waals surface area contributed by atoms with Gasteiger partial charge in [0.1, 0.15) is 18.1 Å². The Morgan fingerprint density at radius 2 is 1.93 bits per heavy atom. The Labute approximate surface area is 167 Å². The monoisotopic (exact) mass is 402 g/mol. The molecule has 0 saturated heterocycles. The van der Waals surface area contributed by atoms with Crippen LogP contribution in [-0.4, -0.2) is 44.3 Å². The van der Waals surface area contributed by atoms with Gasteiger partial charge in [-0.1, -0.05) is 0 Å². The third kappa shape index (κ3) is 4.12. The van der Waals surface area contributed by atoms with E-state index in [-0.39, 0.29) is 19.2 Å². The molecule has 0 fully saturated rings. The number of thiophene rings is 1. The van der Waals surface area contributed by atoms with Gasteiger partial charge in [-0.05, 0) is 53.6 Å². The van der Waals surface area contributed by atoms with Crippen LogP contribution in [0.15, 0.2) is 52.4 Å². The number of carbonyl (C=O) groups excluding carboxylic acids is 2. The minimum atomic E-state index is -0.580. The van der Waals surface area contributed by atoms with Gasteiger partial charge in [0.2, 0.25) is 0 Å². The molecule has 3 rings (SSSR count). The van der Waals surface area contributed by atoms with Crippen LogP contribution in [-0.2, 0) is 9.53 Å². The van der Waals surface area contributed by atoms with Crippen molar-refractivity contribution in [2.24, 2.45) is 0 Å². The molecule has 28 heavy (non-hydrogen) atoms. The predicted molar refractivity (Wildman–Crippen MR) is 106 cm³/mol. The third-order valence-electron chi connectivity index (χ3n) is 4.38. The molecule has 1 N–H and O–H groups in total. The summed E-state index contributed by atoms with van der Waals surface area (Å²) in [5, 5.41) is 6.66. The van der Waals surface area contributed by atoms with Gasteiger partial charge in [0.15, 0.2) is 0 Å². The first-order valence-electron chi connectivity index (χ1n) is 8.78. The number of rotatable bonds is 7. The van der Waals surface area contributed by atoms with Crippen molar-refractivity contribution in [3.8, 4) is 11.5 Å². The van der Waals surface area contributed by atoms with Crippen molar-refractivity contribution in [1.29, 1.82) is 0 Å². The van der Waals surface area contributed by atoms with Gasteiger partial charge in [-0.15, -0.1) is 0 Å². The summed E-state index contributed by atoms with van der Waals surface area (Å²) in [6.45, 7) is 2.03. The van der Waals surface area contributed by atoms with Crippen LogP contribution in [0.4, 0.5) is 4.79 Å². The number of nitrogens with one attached hydrogen (secondary N) is 1. The topological polar surface area (TPSA) is 77.1 Å². The molecule has 1 aromatic carbocycles. The Morgan fingerprint density at radius 3 is 2.54 bits per heavy atom. The molecule has 148 valence electrons. The minimum absolute atomic E-state index is 0.0467. The number of hydrogen-bond donors (Lipinski definition) is 1. The largest absolute Gasteiger partial charge is 0.497 e. The second-order valence-electron chi connectivity index (χ2n) is 6.04. The molecule has 1 aliphatic heterocycles. The van der Waals surface area contributed by atoms with Crippen LogP contribution in [0.25, 0.3) is 0 Å². The highest BCUT2D eigenvalue weighted by molar-refractivity contribution is 7.08. The summed E-state index contributed by atoms with van der Waals surface area (Å²) in [4.78, 5) is 26.6. The van der Waals surface area contributed by atoms with E-state index in [9.17, 15) is 9.59 Å². The van der Waals surface area contributed by atoms with E-state index in [0.717, 1.165) is 5.56 Å². The standard InChI is InChI=1S/C20H22N2O5S/c1-4-26-19(23)17-16(11-27-15-7-5-14(25-3)6-8-15)22(2)20(24)21-18(17)13-9-10-28-12-13/h5-10,12,18H,4,11H2,1-3H3,(H,21,24)/t18-/m1/s1. The van der Waals surface area contributed by atoms with Crippen molar-refractivity contribution < 1.29 is 23.8 Å². The maximum atomic E-state index is 12.7. The highest BCUT2D eigenvalue weighted by Crippen LogP contribution is 2.32. The number of nitrogens with zero attached hydrogens (tertiary/aromatic N) is 1. The molecule has 0 radical (unpaired) electrons. The Balaban J connectivity index is 1.95. The van der Waals surface area contributed by atoms with E-state index in [4.69, 9.17) is 14.2 Å². The fourth-order valence-electron chi connectivity index (χ4n) is 2.89. The van der Waals surface area contributed by atoms with Crippen molar-refractivity contribution in [3.05, 3.63) is 57.9 Å². The summed E-state index contributed by atoms with van der Waals surface area (Å²) < 4.78 is 16.2. The number of urea groups is 1. The van der Waals surface area contributed by atoms with Gasteiger partial charge < -0.3 is 19.5 Å². The van der Waals surface area contributed by atoms with E-state index in [1.807, 2.05) is 16.8 Å². The van der Waals surface area contributed by atoms with Gasteiger partial charge in [0.25, 0.3) is 0 Å². The molecule has 1 aromatic heterocycles. The highest BCUT2D eigenvalue weighted by Gasteiger charge is 2.37. The number of benzene rings is 1. The number of likely N-dealkylation sites (N-methyl/N-ethyl adjacent to an activating group) is 1. The molecule has 1 aliphatic rings. The second-order valence-corrected chi connectivity index (χ2v) is 6.82. The first kappa shape index (κ1) is 19.8. The number of amides is 2. The lowest BCUT2D eigenvalue weighted by Crippen LogP contribution is -2.48. The number of methoxy groups -OCH3 is 1. The zero-order chi connectivity index (χ0) is 20.1. The van der Waals surface area contributed by atoms with Gasteiger partial charge in [0, 0.05) is 7.05 Å². The Kier molecular flexibility index (Phi) is 6.20. The minimum Gasteiger partial charge on any atom is -0.497 e. The van der Waals surface area contributed by atoms with Gasteiger partial charge >= 0.3 is 12.0 Å². The van der Waals surface area contributed by atoms with E-state index in [2.05, 4.69) is 5.32 Å². The predicted octanol–water partition coefficient (Wildman–Crippen LogP) is 3.35. The van der Waals surface area contributed by atoms with Crippen molar-refractivity contribution in [2.45, 2.75) is 13.0 Å². The molecule has 2 aromatic rings. The quantitative estimate of drug-likeness (QED) is 0.719. The molecule has 2 heterocycles. The highest BCUT2D eigenvalue weighted by atomic mass is 32.1. The molecular formula is C20H22N2O5S. The summed E-state index contributed by atoms with van der Waals surface area (Å²) in [7, 11) is 3.19. The molecule has 7 nitrogen and oxygen atoms in total. The Bertz CT molecular complexity index is 861. The maximum Gasteiger partial charge on any atom is 0.338 e. The van der Waals surface area contributed by atoms with Gasteiger partial charge in [-0.25, -0.2) is 9.59 Å². The van der Waals surface area contributed by atoms with E-state index >= 15 is 0 Å². The summed E-state index contributed by atoms with van der Waals surface area (Å²) in [6.07, 6.45) is 0. The van der Waals surface area contributed by atoms with Gasteiger partial charge in [0.05, 0.1) is 31.0 Å². The van der Waals surface area contributed by atoms with E-state index in [0.29, 0.717) is 22.8 Å². The second kappa shape index (κ2) is 8.79. The van der Waals surface area contributed by atoms with Crippen molar-refractivity contribution in [2.75, 3.05) is 27.4 Å². The van der Waals surface area contributed by atoms with Crippen LogP contribution < -0.4 is 14.8 Å². The first-order valence-corrected chi connectivity index (χ1v) is 9.72. The van der Waals surface area contributed by atoms with E-state index in [1.54, 1.807) is 45.3 Å². The van der Waals surface area contributed by atoms with Crippen LogP contribution in [0.5, 0.6) is 11.5 Å². The van der Waals surface area contributed by atoms with Gasteiger partial charge in [-0.3, -0.25) is 4.90 Å². The molecule has 0 unspecified atom stereocenters. The van der Waals surface area contributed by atoms with Crippen LogP contribution in [0, 0.1) is 0 Å². The SMILES string of the molecule is CCOC(=O)C1=C(COc2ccc(OC)cc2)N(C)C(=O)N[C@@H]1c1ccsc1. The molecule has 8 heteroatoms. The lowest BCUT2D eigenvalue weighted by molar-refractivity contribution is -0.139. The summed E-state index contributed by atoms with van der Waals surface area (Å²) in [5.41, 5.74) is 1.67. The smallest absolute Gasteiger partial charge is 0.338 e. The number of esters is 1. The van der Waals surface area contributed by atoms with Crippen LogP contribution in [0.3, 0.4) is 0 Å². The van der Waals surface area contributed by atoms with Crippen molar-refractivity contribution in [3.63, 3.8) is 0 Å². The van der Waals surface area contributed by atoms with E-state index < -0.39 is 12.0 Å². The number of hydrogen-bond acceptors (Lipinski definition) is 6. The summed E-state index contributed by atoms with van der Waals surface area (Å²) in [5.74, 6) is 0.840. The maximum absolute atomic E-state index is 12.7. The summed E-state index contributed by atoms with van der Waals surface area (Å²) in [6, 6.07) is 8.08. The Hall–Kier alpha value is -3.00. The number of ether oxygens (including phenoxy) is 3. The third-order valence-corrected chi connectivity index (χ3v) is 5.09. The molecule has 2 amide bonds. The first-order chi connectivity index (χ1) is 13.5. The average Bonchev–Trinajstić information content (AvgIpc) is 3.24. The van der Waals surface area contributed by atoms with Crippen molar-refractivity contribution in [1.82, 2.24) is 10.2 Å². The molecule has 0 saturated carbocycles. The van der Waals surface area contributed by atoms with Crippen LogP contribution in [0.1, 0.15) is 18.5 Å². The van der Waals surface area contributed by atoms with E-state index in [1.165, 1.54) is 16.2 Å². The number of carbonyl (C=O) groups is 2. The lowest BCUT2D eigenvalue weighted by atomic mass is 9.97. The molecule has 0 aliphatic carbocycles. The van der Waals surface area contributed by atoms with Crippen LogP contribution >= 0.6 is 11.3 Å². The van der Waals surface area contributed by atoms with Crippen LogP contribution in [0.2, 0.25) is 0 Å². The fraction of sp³-hybridized carbons (Fsp3) is 0.300. The average molecular weight is 402 g/mol. The summed E-state index contributed by atoms with van der Waals surface area (Å²) >= 11 is 1.49. The normalized spacial score (nSPS) is 16.6. The van der Waals surface area contributed by atoms with Crippen molar-refractivity contribution >= 4 is 23.3 Å². The molecule has 0 spiro atoms. The van der Waals surface area contributed by atoms with Gasteiger partial charge in [-0.2, -0.15) is 11.3 Å². The fourth-order valence-corrected chi connectivity index (χ4v) is 3.58. The zero-order valence-corrected chi connectivity index (χ0v) is 16.7. The Morgan fingerprint density at radius 1 is 1.21 bits per heavy atom. The molecular weight excluding hydrogens is 380 g/mol. The molecule has 1 atom stereocenters.